The van der Waals surface area contributed by atoms with E-state index in [0.29, 0.717) is 16.5 Å². The number of nitrogens with zero attached hydrogens (tertiary/aromatic N) is 2. The van der Waals surface area contributed by atoms with Crippen molar-refractivity contribution in [3.05, 3.63) is 32.7 Å². The molecule has 0 atom stereocenters. The summed E-state index contributed by atoms with van der Waals surface area (Å²) in [5, 5.41) is 9.57. The Kier molecular flexibility index (Phi) is 6.31. The molecule has 0 saturated carbocycles. The van der Waals surface area contributed by atoms with E-state index >= 15 is 0 Å². The van der Waals surface area contributed by atoms with Gasteiger partial charge in [0.2, 0.25) is 0 Å². The fourth-order valence-corrected chi connectivity index (χ4v) is 4.63. The van der Waals surface area contributed by atoms with Crippen molar-refractivity contribution in [3.8, 4) is 0 Å². The van der Waals surface area contributed by atoms with Gasteiger partial charge in [-0.2, -0.15) is 0 Å². The molecule has 0 radical (unpaired) electrons. The van der Waals surface area contributed by atoms with Gasteiger partial charge in [-0.05, 0) is 19.9 Å². The number of carboxylic acid groups (broad SMARTS) is 1. The lowest BCUT2D eigenvalue weighted by molar-refractivity contribution is -0.140. The number of rotatable bonds is 5. The van der Waals surface area contributed by atoms with Crippen molar-refractivity contribution < 1.29 is 24.2 Å². The van der Waals surface area contributed by atoms with E-state index in [-0.39, 0.29) is 4.32 Å². The lowest BCUT2D eigenvalue weighted by Gasteiger charge is -2.16. The molecule has 0 aromatic rings. The summed E-state index contributed by atoms with van der Waals surface area (Å²) in [6, 6.07) is 0. The zero-order valence-corrected chi connectivity index (χ0v) is 16.2. The molecule has 0 aromatic carbocycles. The molecule has 1 N–H and O–H groups in total. The Bertz CT molecular complexity index is 741. The first-order chi connectivity index (χ1) is 11.8. The first-order valence-corrected chi connectivity index (χ1v) is 9.27. The van der Waals surface area contributed by atoms with Crippen LogP contribution >= 0.6 is 35.7 Å². The minimum atomic E-state index is -1.12. The molecule has 0 aliphatic carbocycles. The first-order valence-electron chi connectivity index (χ1n) is 7.23. The predicted molar refractivity (Wildman–Crippen MR) is 100 cm³/mol. The van der Waals surface area contributed by atoms with Gasteiger partial charge in [0.05, 0.1) is 11.6 Å². The van der Waals surface area contributed by atoms with Crippen LogP contribution in [-0.4, -0.2) is 57.3 Å². The van der Waals surface area contributed by atoms with Gasteiger partial charge in [0, 0.05) is 23.7 Å². The second-order valence-electron chi connectivity index (χ2n) is 4.98. The number of thiocarbonyl (C=S) groups is 1. The maximum atomic E-state index is 12.5. The summed E-state index contributed by atoms with van der Waals surface area (Å²) in [6.07, 6.45) is 2.97. The van der Waals surface area contributed by atoms with Crippen LogP contribution in [-0.2, 0) is 19.1 Å². The van der Waals surface area contributed by atoms with Crippen molar-refractivity contribution in [2.45, 2.75) is 13.8 Å². The van der Waals surface area contributed by atoms with Gasteiger partial charge in [-0.1, -0.05) is 35.7 Å². The number of esters is 1. The Morgan fingerprint density at radius 2 is 2.04 bits per heavy atom. The molecule has 0 unspecified atom stereocenters. The summed E-state index contributed by atoms with van der Waals surface area (Å²) >= 11 is 7.52. The molecule has 134 valence electrons. The number of carbonyl (C=O) groups is 3. The van der Waals surface area contributed by atoms with E-state index in [1.54, 1.807) is 20.0 Å². The maximum Gasteiger partial charge on any atom is 0.330 e. The Morgan fingerprint density at radius 3 is 2.64 bits per heavy atom. The van der Waals surface area contributed by atoms with E-state index in [1.165, 1.54) is 17.8 Å². The SMILES string of the molecule is CCOC(=O)C=CC1=C(C)N(C)C(=C2SC(=S)N(CC(=O)O)C2=O)S1. The normalized spacial score (nSPS) is 21.1. The summed E-state index contributed by atoms with van der Waals surface area (Å²) in [5.74, 6) is -1.98. The van der Waals surface area contributed by atoms with Gasteiger partial charge in [0.25, 0.3) is 5.91 Å². The predicted octanol–water partition coefficient (Wildman–Crippen LogP) is 2.13. The molecule has 25 heavy (non-hydrogen) atoms. The molecule has 1 amide bonds. The van der Waals surface area contributed by atoms with Crippen molar-refractivity contribution in [2.24, 2.45) is 0 Å². The van der Waals surface area contributed by atoms with Gasteiger partial charge in [-0.3, -0.25) is 14.5 Å². The summed E-state index contributed by atoms with van der Waals surface area (Å²) < 4.78 is 5.07. The Labute approximate surface area is 158 Å². The first kappa shape index (κ1) is 19.5. The number of aliphatic carboxylic acids is 1. The molecule has 1 saturated heterocycles. The largest absolute Gasteiger partial charge is 0.480 e. The molecule has 2 aliphatic heterocycles. The highest BCUT2D eigenvalue weighted by molar-refractivity contribution is 8.27. The van der Waals surface area contributed by atoms with Gasteiger partial charge < -0.3 is 14.7 Å². The van der Waals surface area contributed by atoms with E-state index in [4.69, 9.17) is 22.1 Å². The summed E-state index contributed by atoms with van der Waals surface area (Å²) in [6.45, 7) is 3.43. The number of hydrogen-bond donors (Lipinski definition) is 1. The van der Waals surface area contributed by atoms with Crippen LogP contribution in [0.15, 0.2) is 32.7 Å². The number of carboxylic acids is 1. The van der Waals surface area contributed by atoms with E-state index in [2.05, 4.69) is 0 Å². The minimum absolute atomic E-state index is 0.220. The molecule has 7 nitrogen and oxygen atoms in total. The molecule has 0 aromatic heterocycles. The van der Waals surface area contributed by atoms with Crippen LogP contribution < -0.4 is 0 Å². The van der Waals surface area contributed by atoms with Gasteiger partial charge in [-0.15, -0.1) is 0 Å². The molecule has 2 heterocycles. The summed E-state index contributed by atoms with van der Waals surface area (Å²) in [4.78, 5) is 38.9. The smallest absolute Gasteiger partial charge is 0.330 e. The highest BCUT2D eigenvalue weighted by Crippen LogP contribution is 2.47. The lowest BCUT2D eigenvalue weighted by atomic mass is 10.3. The standard InChI is InChI=1S/C15H16N2O5S3/c1-4-22-11(20)6-5-9-8(2)16(3)14(24-9)12-13(21)17(7-10(18)19)15(23)25-12/h5-6H,4,7H2,1-3H3,(H,18,19). The van der Waals surface area contributed by atoms with E-state index in [0.717, 1.165) is 27.3 Å². The van der Waals surface area contributed by atoms with E-state index in [1.807, 2.05) is 11.8 Å². The topological polar surface area (TPSA) is 87.2 Å². The van der Waals surface area contributed by atoms with Gasteiger partial charge in [-0.25, -0.2) is 4.79 Å². The van der Waals surface area contributed by atoms with Crippen molar-refractivity contribution in [1.29, 1.82) is 0 Å². The number of amides is 1. The van der Waals surface area contributed by atoms with Gasteiger partial charge in [0.15, 0.2) is 0 Å². The van der Waals surface area contributed by atoms with Gasteiger partial charge in [0.1, 0.15) is 15.8 Å². The third-order valence-electron chi connectivity index (χ3n) is 3.37. The Hall–Kier alpha value is -1.78. The minimum Gasteiger partial charge on any atom is -0.480 e. The molecular weight excluding hydrogens is 384 g/mol. The summed E-state index contributed by atoms with van der Waals surface area (Å²) in [7, 11) is 1.80. The maximum absolute atomic E-state index is 12.5. The van der Waals surface area contributed by atoms with Crippen molar-refractivity contribution >= 4 is 57.9 Å². The molecule has 2 rings (SSSR count). The highest BCUT2D eigenvalue weighted by atomic mass is 32.2. The van der Waals surface area contributed by atoms with Crippen LogP contribution in [0.4, 0.5) is 0 Å². The van der Waals surface area contributed by atoms with Crippen LogP contribution in [0.2, 0.25) is 0 Å². The Balaban J connectivity index is 2.24. The zero-order chi connectivity index (χ0) is 18.7. The van der Waals surface area contributed by atoms with Crippen molar-refractivity contribution in [3.63, 3.8) is 0 Å². The second kappa shape index (κ2) is 8.07. The second-order valence-corrected chi connectivity index (χ2v) is 7.66. The number of ether oxygens (including phenoxy) is 1. The van der Waals surface area contributed by atoms with Crippen LogP contribution in [0, 0.1) is 0 Å². The molecule has 0 bridgehead atoms. The molecule has 10 heteroatoms. The van der Waals surface area contributed by atoms with Crippen molar-refractivity contribution in [2.75, 3.05) is 20.2 Å². The third kappa shape index (κ3) is 4.25. The van der Waals surface area contributed by atoms with Crippen LogP contribution in [0.3, 0.4) is 0 Å². The van der Waals surface area contributed by atoms with Gasteiger partial charge >= 0.3 is 11.9 Å². The number of hydrogen-bond acceptors (Lipinski definition) is 8. The molecule has 0 spiro atoms. The third-order valence-corrected chi connectivity index (χ3v) is 6.25. The average molecular weight is 401 g/mol. The molecule has 1 fully saturated rings. The number of allylic oxidation sites excluding steroid dienone is 2. The van der Waals surface area contributed by atoms with E-state index in [9.17, 15) is 14.4 Å². The van der Waals surface area contributed by atoms with Crippen LogP contribution in [0.5, 0.6) is 0 Å². The molecular formula is C15H16N2O5S3. The number of carbonyl (C=O) groups excluding carboxylic acids is 2. The average Bonchev–Trinajstić information content (AvgIpc) is 2.97. The monoisotopic (exact) mass is 400 g/mol. The quantitative estimate of drug-likeness (QED) is 0.423. The fourth-order valence-electron chi connectivity index (χ4n) is 2.05. The van der Waals surface area contributed by atoms with Crippen LogP contribution in [0.1, 0.15) is 13.8 Å². The van der Waals surface area contributed by atoms with E-state index < -0.39 is 24.4 Å². The Morgan fingerprint density at radius 1 is 1.36 bits per heavy atom. The zero-order valence-electron chi connectivity index (χ0n) is 13.8. The summed E-state index contributed by atoms with van der Waals surface area (Å²) in [5.41, 5.74) is 0.865. The fraction of sp³-hybridized carbons (Fsp3) is 0.333. The highest BCUT2D eigenvalue weighted by Gasteiger charge is 2.38. The van der Waals surface area contributed by atoms with Crippen molar-refractivity contribution in [1.82, 2.24) is 9.80 Å². The number of thioether (sulfide) groups is 2. The van der Waals surface area contributed by atoms with Crippen LogP contribution in [0.25, 0.3) is 0 Å². The molecule has 2 aliphatic rings. The lowest BCUT2D eigenvalue weighted by Crippen LogP contribution is -2.33.